The van der Waals surface area contributed by atoms with Gasteiger partial charge in [0.2, 0.25) is 0 Å². The third-order valence-corrected chi connectivity index (χ3v) is 2.71. The number of rotatable bonds is 3. The fourth-order valence-electron chi connectivity index (χ4n) is 1.13. The van der Waals surface area contributed by atoms with Crippen LogP contribution in [0, 0.1) is 0 Å². The highest BCUT2D eigenvalue weighted by atomic mass is 32.2. The van der Waals surface area contributed by atoms with Gasteiger partial charge in [-0.15, -0.1) is 0 Å². The number of pyridine rings is 2. The van der Waals surface area contributed by atoms with E-state index in [9.17, 15) is 0 Å². The summed E-state index contributed by atoms with van der Waals surface area (Å²) in [7, 11) is 1.86. The summed E-state index contributed by atoms with van der Waals surface area (Å²) in [6.45, 7) is 0. The summed E-state index contributed by atoms with van der Waals surface area (Å²) >= 11 is 1.55. The third-order valence-electron chi connectivity index (χ3n) is 1.83. The molecule has 2 heterocycles. The molecule has 0 bridgehead atoms. The normalized spacial score (nSPS) is 9.93. The number of hydrogen-bond donors (Lipinski definition) is 1. The van der Waals surface area contributed by atoms with Gasteiger partial charge in [0.05, 0.1) is 0 Å². The summed E-state index contributed by atoms with van der Waals surface area (Å²) in [5, 5.41) is 4.91. The predicted molar refractivity (Wildman–Crippen MR) is 62.1 cm³/mol. The molecule has 0 aliphatic carbocycles. The first-order valence-corrected chi connectivity index (χ1v) is 5.44. The van der Waals surface area contributed by atoms with E-state index in [1.54, 1.807) is 18.0 Å². The lowest BCUT2D eigenvalue weighted by Crippen LogP contribution is -1.92. The molecule has 0 radical (unpaired) electrons. The Hall–Kier alpha value is -1.55. The van der Waals surface area contributed by atoms with E-state index in [1.807, 2.05) is 43.4 Å². The highest BCUT2D eigenvalue weighted by Gasteiger charge is 1.99. The second-order valence-electron chi connectivity index (χ2n) is 2.88. The minimum absolute atomic E-state index is 0.871. The summed E-state index contributed by atoms with van der Waals surface area (Å²) in [6.07, 6.45) is 1.78. The molecule has 0 spiro atoms. The maximum atomic E-state index is 4.40. The van der Waals surface area contributed by atoms with Crippen LogP contribution in [-0.2, 0) is 0 Å². The van der Waals surface area contributed by atoms with Crippen LogP contribution < -0.4 is 5.32 Å². The molecular weight excluding hydrogens is 206 g/mol. The minimum atomic E-state index is 0.871. The van der Waals surface area contributed by atoms with Crippen molar-refractivity contribution >= 4 is 17.6 Å². The average molecular weight is 217 g/mol. The molecule has 3 nitrogen and oxygen atoms in total. The van der Waals surface area contributed by atoms with Crippen molar-refractivity contribution in [1.29, 1.82) is 0 Å². The van der Waals surface area contributed by atoms with Crippen molar-refractivity contribution in [2.75, 3.05) is 12.4 Å². The van der Waals surface area contributed by atoms with Crippen LogP contribution in [0.2, 0.25) is 0 Å². The zero-order chi connectivity index (χ0) is 10.5. The highest BCUT2D eigenvalue weighted by molar-refractivity contribution is 7.99. The minimum Gasteiger partial charge on any atom is -0.373 e. The smallest absolute Gasteiger partial charge is 0.127 e. The Labute approximate surface area is 93.0 Å². The molecule has 76 valence electrons. The molecule has 1 N–H and O–H groups in total. The van der Waals surface area contributed by atoms with E-state index < -0.39 is 0 Å². The lowest BCUT2D eigenvalue weighted by molar-refractivity contribution is 1.09. The van der Waals surface area contributed by atoms with Crippen molar-refractivity contribution in [1.82, 2.24) is 9.97 Å². The molecule has 2 aromatic rings. The lowest BCUT2D eigenvalue weighted by atomic mass is 10.5. The Morgan fingerprint density at radius 3 is 2.67 bits per heavy atom. The van der Waals surface area contributed by atoms with Crippen LogP contribution in [0.4, 0.5) is 5.82 Å². The maximum Gasteiger partial charge on any atom is 0.127 e. The van der Waals surface area contributed by atoms with Crippen molar-refractivity contribution in [2.45, 2.75) is 10.1 Å². The SMILES string of the molecule is CNc1cccc(Sc2ccccn2)n1. The molecule has 4 heteroatoms. The van der Waals surface area contributed by atoms with Crippen LogP contribution in [0.25, 0.3) is 0 Å². The van der Waals surface area contributed by atoms with Gasteiger partial charge in [-0.3, -0.25) is 0 Å². The van der Waals surface area contributed by atoms with Crippen molar-refractivity contribution < 1.29 is 0 Å². The molecule has 0 amide bonds. The molecule has 0 atom stereocenters. The van der Waals surface area contributed by atoms with Crippen molar-refractivity contribution in [3.05, 3.63) is 42.6 Å². The molecule has 0 saturated heterocycles. The molecule has 0 aliphatic heterocycles. The standard InChI is InChI=1S/C11H11N3S/c1-12-9-5-4-7-11(14-9)15-10-6-2-3-8-13-10/h2-8H,1H3,(H,12,14). The van der Waals surface area contributed by atoms with Gasteiger partial charge in [-0.05, 0) is 24.3 Å². The molecule has 0 aliphatic rings. The van der Waals surface area contributed by atoms with Gasteiger partial charge >= 0.3 is 0 Å². The van der Waals surface area contributed by atoms with Crippen molar-refractivity contribution in [3.63, 3.8) is 0 Å². The van der Waals surface area contributed by atoms with Gasteiger partial charge in [-0.1, -0.05) is 23.9 Å². The van der Waals surface area contributed by atoms with Gasteiger partial charge in [-0.25, -0.2) is 9.97 Å². The van der Waals surface area contributed by atoms with E-state index in [1.165, 1.54) is 0 Å². The topological polar surface area (TPSA) is 37.8 Å². The van der Waals surface area contributed by atoms with Gasteiger partial charge in [0.15, 0.2) is 0 Å². The van der Waals surface area contributed by atoms with Crippen molar-refractivity contribution in [3.8, 4) is 0 Å². The first-order valence-electron chi connectivity index (χ1n) is 4.62. The Bertz CT molecular complexity index is 431. The summed E-state index contributed by atoms with van der Waals surface area (Å²) in [5.74, 6) is 0.871. The number of nitrogens with one attached hydrogen (secondary N) is 1. The molecule has 2 aromatic heterocycles. The first-order chi connectivity index (χ1) is 7.38. The zero-order valence-corrected chi connectivity index (χ0v) is 9.16. The molecule has 0 fully saturated rings. The quantitative estimate of drug-likeness (QED) is 0.857. The second-order valence-corrected chi connectivity index (χ2v) is 3.92. The van der Waals surface area contributed by atoms with E-state index >= 15 is 0 Å². The average Bonchev–Trinajstić information content (AvgIpc) is 2.31. The van der Waals surface area contributed by atoms with Crippen LogP contribution >= 0.6 is 11.8 Å². The predicted octanol–water partition coefficient (Wildman–Crippen LogP) is 2.67. The van der Waals surface area contributed by atoms with Crippen LogP contribution in [0.3, 0.4) is 0 Å². The monoisotopic (exact) mass is 217 g/mol. The Balaban J connectivity index is 2.17. The summed E-state index contributed by atoms with van der Waals surface area (Å²) in [6, 6.07) is 11.7. The number of hydrogen-bond acceptors (Lipinski definition) is 4. The van der Waals surface area contributed by atoms with E-state index in [0.717, 1.165) is 15.9 Å². The number of anilines is 1. The van der Waals surface area contributed by atoms with Crippen LogP contribution in [0.5, 0.6) is 0 Å². The number of nitrogens with zero attached hydrogens (tertiary/aromatic N) is 2. The number of aromatic nitrogens is 2. The lowest BCUT2D eigenvalue weighted by Gasteiger charge is -2.02. The van der Waals surface area contributed by atoms with Gasteiger partial charge in [-0.2, -0.15) is 0 Å². The fourth-order valence-corrected chi connectivity index (χ4v) is 1.89. The largest absolute Gasteiger partial charge is 0.373 e. The summed E-state index contributed by atoms with van der Waals surface area (Å²) < 4.78 is 0. The van der Waals surface area contributed by atoms with Crippen LogP contribution in [-0.4, -0.2) is 17.0 Å². The van der Waals surface area contributed by atoms with Crippen LogP contribution in [0.15, 0.2) is 52.6 Å². The Kier molecular flexibility index (Phi) is 3.19. The van der Waals surface area contributed by atoms with E-state index in [2.05, 4.69) is 15.3 Å². The van der Waals surface area contributed by atoms with E-state index in [0.29, 0.717) is 0 Å². The summed E-state index contributed by atoms with van der Waals surface area (Å²) in [4.78, 5) is 8.63. The van der Waals surface area contributed by atoms with E-state index in [-0.39, 0.29) is 0 Å². The van der Waals surface area contributed by atoms with Gasteiger partial charge in [0.25, 0.3) is 0 Å². The van der Waals surface area contributed by atoms with Crippen molar-refractivity contribution in [2.24, 2.45) is 0 Å². The van der Waals surface area contributed by atoms with E-state index in [4.69, 9.17) is 0 Å². The molecule has 2 rings (SSSR count). The molecule has 0 saturated carbocycles. The maximum absolute atomic E-state index is 4.40. The molecule has 0 unspecified atom stereocenters. The molecular formula is C11H11N3S. The third kappa shape index (κ3) is 2.70. The molecule has 15 heavy (non-hydrogen) atoms. The van der Waals surface area contributed by atoms with Gasteiger partial charge in [0, 0.05) is 13.2 Å². The molecule has 0 aromatic carbocycles. The van der Waals surface area contributed by atoms with Gasteiger partial charge < -0.3 is 5.32 Å². The highest BCUT2D eigenvalue weighted by Crippen LogP contribution is 2.24. The Morgan fingerprint density at radius 1 is 1.07 bits per heavy atom. The first kappa shape index (κ1) is 9.98. The van der Waals surface area contributed by atoms with Crippen LogP contribution in [0.1, 0.15) is 0 Å². The summed E-state index contributed by atoms with van der Waals surface area (Å²) in [5.41, 5.74) is 0. The fraction of sp³-hybridized carbons (Fsp3) is 0.0909. The second kappa shape index (κ2) is 4.79. The Morgan fingerprint density at radius 2 is 1.93 bits per heavy atom. The van der Waals surface area contributed by atoms with Gasteiger partial charge in [0.1, 0.15) is 15.9 Å². The zero-order valence-electron chi connectivity index (χ0n) is 8.34.